The Kier molecular flexibility index (Phi) is 4.88. The smallest absolute Gasteiger partial charge is 0.123 e. The first-order valence-electron chi connectivity index (χ1n) is 7.05. The van der Waals surface area contributed by atoms with Gasteiger partial charge in [-0.3, -0.25) is 0 Å². The lowest BCUT2D eigenvalue weighted by Gasteiger charge is -2.26. The first-order chi connectivity index (χ1) is 10.3. The SMILES string of the molecule is CSc1ccc(CNC2CCSc3ccc(F)cc32)cc1. The van der Waals surface area contributed by atoms with Crippen LogP contribution in [0.15, 0.2) is 52.3 Å². The van der Waals surface area contributed by atoms with E-state index < -0.39 is 0 Å². The molecule has 2 aromatic carbocycles. The predicted octanol–water partition coefficient (Wildman–Crippen LogP) is 4.87. The normalized spacial score (nSPS) is 17.5. The van der Waals surface area contributed by atoms with Crippen molar-refractivity contribution in [2.45, 2.75) is 28.8 Å². The molecule has 4 heteroatoms. The fourth-order valence-corrected chi connectivity index (χ4v) is 4.08. The van der Waals surface area contributed by atoms with Crippen LogP contribution in [0.4, 0.5) is 4.39 Å². The van der Waals surface area contributed by atoms with Crippen molar-refractivity contribution >= 4 is 23.5 Å². The van der Waals surface area contributed by atoms with E-state index in [1.165, 1.54) is 15.4 Å². The summed E-state index contributed by atoms with van der Waals surface area (Å²) in [5.41, 5.74) is 2.37. The van der Waals surface area contributed by atoms with E-state index in [-0.39, 0.29) is 11.9 Å². The Labute approximate surface area is 133 Å². The highest BCUT2D eigenvalue weighted by molar-refractivity contribution is 7.99. The van der Waals surface area contributed by atoms with Gasteiger partial charge in [-0.25, -0.2) is 4.39 Å². The van der Waals surface area contributed by atoms with E-state index in [0.29, 0.717) is 0 Å². The Morgan fingerprint density at radius 2 is 2.05 bits per heavy atom. The second kappa shape index (κ2) is 6.86. The van der Waals surface area contributed by atoms with E-state index in [4.69, 9.17) is 0 Å². The maximum atomic E-state index is 13.5. The minimum absolute atomic E-state index is 0.146. The molecule has 1 atom stereocenters. The molecule has 0 fully saturated rings. The number of rotatable bonds is 4. The number of fused-ring (bicyclic) bond motifs is 1. The number of hydrogen-bond donors (Lipinski definition) is 1. The van der Waals surface area contributed by atoms with Crippen LogP contribution < -0.4 is 5.32 Å². The van der Waals surface area contributed by atoms with Crippen LogP contribution >= 0.6 is 23.5 Å². The molecule has 1 heterocycles. The van der Waals surface area contributed by atoms with Crippen molar-refractivity contribution in [1.82, 2.24) is 5.32 Å². The number of thioether (sulfide) groups is 2. The second-order valence-corrected chi connectivity index (χ2v) is 7.12. The largest absolute Gasteiger partial charge is 0.306 e. The van der Waals surface area contributed by atoms with Gasteiger partial charge in [0.2, 0.25) is 0 Å². The van der Waals surface area contributed by atoms with E-state index in [1.807, 2.05) is 17.8 Å². The van der Waals surface area contributed by atoms with Crippen molar-refractivity contribution in [2.24, 2.45) is 0 Å². The summed E-state index contributed by atoms with van der Waals surface area (Å²) in [7, 11) is 0. The van der Waals surface area contributed by atoms with Crippen molar-refractivity contribution in [3.63, 3.8) is 0 Å². The van der Waals surface area contributed by atoms with Gasteiger partial charge in [0.15, 0.2) is 0 Å². The van der Waals surface area contributed by atoms with Crippen LogP contribution in [0.5, 0.6) is 0 Å². The van der Waals surface area contributed by atoms with E-state index in [9.17, 15) is 4.39 Å². The Balaban J connectivity index is 1.70. The molecular weight excluding hydrogens is 301 g/mol. The third-order valence-corrected chi connectivity index (χ3v) is 5.59. The van der Waals surface area contributed by atoms with Gasteiger partial charge in [-0.1, -0.05) is 12.1 Å². The maximum absolute atomic E-state index is 13.5. The Hall–Kier alpha value is -0.970. The summed E-state index contributed by atoms with van der Waals surface area (Å²) in [5, 5.41) is 3.57. The van der Waals surface area contributed by atoms with Gasteiger partial charge in [0.1, 0.15) is 5.82 Å². The van der Waals surface area contributed by atoms with Gasteiger partial charge in [-0.2, -0.15) is 0 Å². The van der Waals surface area contributed by atoms with Crippen LogP contribution in [0.2, 0.25) is 0 Å². The summed E-state index contributed by atoms with van der Waals surface area (Å²) in [6.45, 7) is 0.819. The van der Waals surface area contributed by atoms with Crippen LogP contribution in [0.3, 0.4) is 0 Å². The van der Waals surface area contributed by atoms with Crippen molar-refractivity contribution in [3.8, 4) is 0 Å². The van der Waals surface area contributed by atoms with Gasteiger partial charge in [0, 0.05) is 22.4 Å². The van der Waals surface area contributed by atoms with Crippen molar-refractivity contribution in [1.29, 1.82) is 0 Å². The van der Waals surface area contributed by atoms with Gasteiger partial charge in [0.25, 0.3) is 0 Å². The minimum atomic E-state index is -0.146. The molecule has 1 aliphatic rings. The average Bonchev–Trinajstić information content (AvgIpc) is 2.53. The number of nitrogens with one attached hydrogen (secondary N) is 1. The summed E-state index contributed by atoms with van der Waals surface area (Å²) in [6.07, 6.45) is 3.13. The van der Waals surface area contributed by atoms with E-state index in [0.717, 1.165) is 24.3 Å². The molecule has 2 aromatic rings. The first kappa shape index (κ1) is 14.9. The fraction of sp³-hybridized carbons (Fsp3) is 0.294. The third kappa shape index (κ3) is 3.62. The van der Waals surface area contributed by atoms with Gasteiger partial charge in [-0.15, -0.1) is 23.5 Å². The number of benzene rings is 2. The Bertz CT molecular complexity index is 613. The molecule has 1 N–H and O–H groups in total. The summed E-state index contributed by atoms with van der Waals surface area (Å²) in [4.78, 5) is 2.48. The first-order valence-corrected chi connectivity index (χ1v) is 9.26. The molecule has 0 amide bonds. The molecule has 0 saturated carbocycles. The molecule has 1 aliphatic heterocycles. The Morgan fingerprint density at radius 3 is 2.81 bits per heavy atom. The number of hydrogen-bond acceptors (Lipinski definition) is 3. The zero-order chi connectivity index (χ0) is 14.7. The standard InChI is InChI=1S/C17H18FNS2/c1-20-14-5-2-12(3-6-14)11-19-16-8-9-21-17-7-4-13(18)10-15(16)17/h2-7,10,16,19H,8-9,11H2,1H3. The van der Waals surface area contributed by atoms with Crippen molar-refractivity contribution < 1.29 is 4.39 Å². The summed E-state index contributed by atoms with van der Waals surface area (Å²) in [6, 6.07) is 14.0. The van der Waals surface area contributed by atoms with Gasteiger partial charge < -0.3 is 5.32 Å². The quantitative estimate of drug-likeness (QED) is 0.807. The Morgan fingerprint density at radius 1 is 1.24 bits per heavy atom. The van der Waals surface area contributed by atoms with Gasteiger partial charge in [0.05, 0.1) is 0 Å². The zero-order valence-corrected chi connectivity index (χ0v) is 13.6. The fourth-order valence-electron chi connectivity index (χ4n) is 2.56. The lowest BCUT2D eigenvalue weighted by Crippen LogP contribution is -2.24. The highest BCUT2D eigenvalue weighted by Gasteiger charge is 2.20. The molecule has 110 valence electrons. The van der Waals surface area contributed by atoms with Crippen molar-refractivity contribution in [2.75, 3.05) is 12.0 Å². The minimum Gasteiger partial charge on any atom is -0.306 e. The average molecular weight is 319 g/mol. The van der Waals surface area contributed by atoms with Gasteiger partial charge in [-0.05, 0) is 59.9 Å². The molecule has 0 spiro atoms. The summed E-state index contributed by atoms with van der Waals surface area (Å²) >= 11 is 3.57. The van der Waals surface area contributed by atoms with Gasteiger partial charge >= 0.3 is 0 Å². The van der Waals surface area contributed by atoms with E-state index in [1.54, 1.807) is 23.9 Å². The van der Waals surface area contributed by atoms with Crippen LogP contribution in [0.1, 0.15) is 23.6 Å². The van der Waals surface area contributed by atoms with E-state index >= 15 is 0 Å². The highest BCUT2D eigenvalue weighted by atomic mass is 32.2. The van der Waals surface area contributed by atoms with Crippen LogP contribution in [-0.2, 0) is 6.54 Å². The molecule has 21 heavy (non-hydrogen) atoms. The number of halogens is 1. The molecule has 3 rings (SSSR count). The zero-order valence-electron chi connectivity index (χ0n) is 11.9. The molecule has 0 aliphatic carbocycles. The molecular formula is C17H18FNS2. The molecule has 1 unspecified atom stereocenters. The molecule has 0 saturated heterocycles. The molecule has 0 bridgehead atoms. The molecule has 0 radical (unpaired) electrons. The van der Waals surface area contributed by atoms with Crippen molar-refractivity contribution in [3.05, 3.63) is 59.4 Å². The molecule has 0 aromatic heterocycles. The third-order valence-electron chi connectivity index (χ3n) is 3.72. The lowest BCUT2D eigenvalue weighted by molar-refractivity contribution is 0.504. The van der Waals surface area contributed by atoms with Crippen LogP contribution in [-0.4, -0.2) is 12.0 Å². The summed E-state index contributed by atoms with van der Waals surface area (Å²) < 4.78 is 13.5. The highest BCUT2D eigenvalue weighted by Crippen LogP contribution is 2.36. The van der Waals surface area contributed by atoms with E-state index in [2.05, 4.69) is 35.8 Å². The van der Waals surface area contributed by atoms with Crippen LogP contribution in [0.25, 0.3) is 0 Å². The van der Waals surface area contributed by atoms with Crippen LogP contribution in [0, 0.1) is 5.82 Å². The summed E-state index contributed by atoms with van der Waals surface area (Å²) in [5.74, 6) is 0.939. The predicted molar refractivity (Wildman–Crippen MR) is 89.5 cm³/mol. The topological polar surface area (TPSA) is 12.0 Å². The maximum Gasteiger partial charge on any atom is 0.123 e. The lowest BCUT2D eigenvalue weighted by atomic mass is 10.0. The molecule has 1 nitrogen and oxygen atoms in total. The monoisotopic (exact) mass is 319 g/mol. The second-order valence-electron chi connectivity index (χ2n) is 5.10.